The van der Waals surface area contributed by atoms with E-state index in [-0.39, 0.29) is 6.42 Å². The molecule has 0 aromatic heterocycles. The predicted molar refractivity (Wildman–Crippen MR) is 144 cm³/mol. The number of thioether (sulfide) groups is 1. The van der Waals surface area contributed by atoms with Crippen LogP contribution in [0.4, 0.5) is 0 Å². The van der Waals surface area contributed by atoms with Gasteiger partial charge in [0.25, 0.3) is 0 Å². The second-order valence-corrected chi connectivity index (χ2v) is 13.3. The average molecular weight is 565 g/mol. The third-order valence-corrected chi connectivity index (χ3v) is 10.9. The quantitative estimate of drug-likeness (QED) is 0.449. The number of sulfonamides is 1. The molecule has 8 nitrogen and oxygen atoms in total. The normalized spacial score (nSPS) is 26.0. The molecule has 2 aromatic rings. The van der Waals surface area contributed by atoms with Gasteiger partial charge in [-0.2, -0.15) is 4.72 Å². The Morgan fingerprint density at radius 1 is 1.22 bits per heavy atom. The number of hydrogen-bond donors (Lipinski definition) is 2. The monoisotopic (exact) mass is 564 g/mol. The number of carboxylic acids is 1. The second kappa shape index (κ2) is 11.0. The van der Waals surface area contributed by atoms with Gasteiger partial charge < -0.3 is 14.6 Å². The molecule has 3 unspecified atom stereocenters. The maximum Gasteiger partial charge on any atom is 0.325 e. The SMILES string of the molecule is O=C(O)C1(NS(=O)(=O)C2CC=C(c3ccc(Cl)cc3)S2)CC1c1cccc(OCCN2CCOCC2)c1. The van der Waals surface area contributed by atoms with Crippen LogP contribution in [0.3, 0.4) is 0 Å². The molecular weight excluding hydrogens is 536 g/mol. The van der Waals surface area contributed by atoms with Crippen molar-refractivity contribution < 1.29 is 27.8 Å². The highest BCUT2D eigenvalue weighted by Gasteiger charge is 2.64. The molecule has 37 heavy (non-hydrogen) atoms. The van der Waals surface area contributed by atoms with Crippen molar-refractivity contribution in [2.45, 2.75) is 28.9 Å². The van der Waals surface area contributed by atoms with E-state index in [0.717, 1.165) is 48.9 Å². The number of benzene rings is 2. The Hall–Kier alpha value is -2.08. The summed E-state index contributed by atoms with van der Waals surface area (Å²) >= 11 is 7.18. The standard InChI is InChI=1S/C26H29ClN2O6S2/c27-20-6-4-18(5-7-20)23-8-9-24(36-23)37(32,33)28-26(25(30)31)17-22(26)19-2-1-3-21(16-19)35-15-12-29-10-13-34-14-11-29/h1-8,16,22,24,28H,9-15,17H2,(H,30,31). The van der Waals surface area contributed by atoms with Gasteiger partial charge in [-0.15, -0.1) is 11.8 Å². The van der Waals surface area contributed by atoms with Crippen LogP contribution in [0.2, 0.25) is 5.02 Å². The fourth-order valence-corrected chi connectivity index (χ4v) is 8.08. The van der Waals surface area contributed by atoms with Crippen LogP contribution in [0.1, 0.15) is 29.9 Å². The first kappa shape index (κ1) is 26.5. The molecule has 1 saturated heterocycles. The first-order chi connectivity index (χ1) is 17.8. The van der Waals surface area contributed by atoms with Crippen LogP contribution in [0.25, 0.3) is 4.91 Å². The number of hydrogen-bond acceptors (Lipinski definition) is 7. The van der Waals surface area contributed by atoms with E-state index >= 15 is 0 Å². The van der Waals surface area contributed by atoms with Crippen molar-refractivity contribution in [3.05, 3.63) is 70.8 Å². The zero-order valence-corrected chi connectivity index (χ0v) is 22.5. The molecule has 0 bridgehead atoms. The number of rotatable bonds is 10. The van der Waals surface area contributed by atoms with Crippen LogP contribution in [-0.2, 0) is 19.6 Å². The molecule has 2 aromatic carbocycles. The van der Waals surface area contributed by atoms with Gasteiger partial charge in [-0.25, -0.2) is 8.42 Å². The summed E-state index contributed by atoms with van der Waals surface area (Å²) < 4.78 is 39.6. The summed E-state index contributed by atoms with van der Waals surface area (Å²) in [5, 5.41) is 10.7. The van der Waals surface area contributed by atoms with E-state index in [4.69, 9.17) is 21.1 Å². The van der Waals surface area contributed by atoms with E-state index in [0.29, 0.717) is 23.8 Å². The van der Waals surface area contributed by atoms with Crippen molar-refractivity contribution in [1.29, 1.82) is 0 Å². The van der Waals surface area contributed by atoms with E-state index in [1.54, 1.807) is 12.1 Å². The average Bonchev–Trinajstić information content (AvgIpc) is 3.38. The Labute approximate surface area is 226 Å². The van der Waals surface area contributed by atoms with Gasteiger partial charge in [0.1, 0.15) is 22.5 Å². The topological polar surface area (TPSA) is 105 Å². The lowest BCUT2D eigenvalue weighted by atomic mass is 10.1. The maximum absolute atomic E-state index is 13.3. The molecule has 2 aliphatic heterocycles. The van der Waals surface area contributed by atoms with Gasteiger partial charge in [0.2, 0.25) is 10.0 Å². The number of allylic oxidation sites excluding steroid dienone is 1. The predicted octanol–water partition coefficient (Wildman–Crippen LogP) is 3.79. The highest BCUT2D eigenvalue weighted by molar-refractivity contribution is 8.18. The minimum Gasteiger partial charge on any atom is -0.492 e. The van der Waals surface area contributed by atoms with Gasteiger partial charge in [-0.05, 0) is 48.2 Å². The second-order valence-electron chi connectivity index (χ2n) is 9.41. The summed E-state index contributed by atoms with van der Waals surface area (Å²) in [5.74, 6) is -1.01. The molecule has 11 heteroatoms. The van der Waals surface area contributed by atoms with Gasteiger partial charge in [0, 0.05) is 35.5 Å². The molecule has 0 amide bonds. The molecule has 1 saturated carbocycles. The largest absolute Gasteiger partial charge is 0.492 e. The Balaban J connectivity index is 1.22. The summed E-state index contributed by atoms with van der Waals surface area (Å²) in [6.07, 6.45) is 2.35. The molecular formula is C26H29ClN2O6S2. The van der Waals surface area contributed by atoms with Crippen molar-refractivity contribution in [3.8, 4) is 5.75 Å². The molecule has 3 aliphatic rings. The molecule has 5 rings (SSSR count). The van der Waals surface area contributed by atoms with Crippen molar-refractivity contribution >= 4 is 44.3 Å². The first-order valence-corrected chi connectivity index (χ1v) is 15.0. The van der Waals surface area contributed by atoms with Gasteiger partial charge >= 0.3 is 5.97 Å². The van der Waals surface area contributed by atoms with E-state index in [1.165, 1.54) is 11.8 Å². The van der Waals surface area contributed by atoms with Crippen LogP contribution in [-0.4, -0.2) is 74.0 Å². The van der Waals surface area contributed by atoms with E-state index < -0.39 is 32.0 Å². The third kappa shape index (κ3) is 6.00. The number of carbonyl (C=O) groups is 1. The molecule has 3 atom stereocenters. The fourth-order valence-electron chi connectivity index (χ4n) is 4.75. The number of carboxylic acid groups (broad SMARTS) is 1. The minimum absolute atomic E-state index is 0.188. The van der Waals surface area contributed by atoms with Crippen molar-refractivity contribution in [3.63, 3.8) is 0 Å². The summed E-state index contributed by atoms with van der Waals surface area (Å²) in [6, 6.07) is 14.5. The zero-order chi connectivity index (χ0) is 26.0. The van der Waals surface area contributed by atoms with Gasteiger partial charge in [0.15, 0.2) is 0 Å². The number of morpholine rings is 1. The van der Waals surface area contributed by atoms with Gasteiger partial charge in [-0.1, -0.05) is 41.9 Å². The lowest BCUT2D eigenvalue weighted by molar-refractivity contribution is -0.140. The van der Waals surface area contributed by atoms with Gasteiger partial charge in [-0.3, -0.25) is 9.69 Å². The Morgan fingerprint density at radius 2 is 1.97 bits per heavy atom. The highest BCUT2D eigenvalue weighted by atomic mass is 35.5. The number of ether oxygens (including phenoxy) is 2. The Morgan fingerprint density at radius 3 is 2.70 bits per heavy atom. The molecule has 2 heterocycles. The molecule has 0 spiro atoms. The number of nitrogens with zero attached hydrogens (tertiary/aromatic N) is 1. The van der Waals surface area contributed by atoms with E-state index in [1.807, 2.05) is 42.5 Å². The van der Waals surface area contributed by atoms with Crippen LogP contribution in [0.15, 0.2) is 54.6 Å². The Kier molecular flexibility index (Phi) is 7.86. The van der Waals surface area contributed by atoms with Crippen LogP contribution >= 0.6 is 23.4 Å². The molecule has 2 N–H and O–H groups in total. The lowest BCUT2D eigenvalue weighted by Gasteiger charge is -2.26. The van der Waals surface area contributed by atoms with Crippen LogP contribution in [0, 0.1) is 0 Å². The summed E-state index contributed by atoms with van der Waals surface area (Å²) in [5.41, 5.74) is 0.0669. The lowest BCUT2D eigenvalue weighted by Crippen LogP contribution is -2.47. The number of halogens is 1. The summed E-state index contributed by atoms with van der Waals surface area (Å²) in [7, 11) is -3.92. The smallest absolute Gasteiger partial charge is 0.325 e. The maximum atomic E-state index is 13.3. The molecule has 0 radical (unpaired) electrons. The first-order valence-electron chi connectivity index (χ1n) is 12.2. The molecule has 198 valence electrons. The minimum atomic E-state index is -3.92. The van der Waals surface area contributed by atoms with Crippen LogP contribution < -0.4 is 9.46 Å². The molecule has 1 aliphatic carbocycles. The van der Waals surface area contributed by atoms with Gasteiger partial charge in [0.05, 0.1) is 13.2 Å². The van der Waals surface area contributed by atoms with E-state index in [2.05, 4.69) is 9.62 Å². The van der Waals surface area contributed by atoms with Crippen molar-refractivity contribution in [2.24, 2.45) is 0 Å². The Bertz CT molecular complexity index is 1280. The van der Waals surface area contributed by atoms with Crippen molar-refractivity contribution in [1.82, 2.24) is 9.62 Å². The summed E-state index contributed by atoms with van der Waals surface area (Å²) in [4.78, 5) is 15.4. The third-order valence-electron chi connectivity index (χ3n) is 6.94. The fraction of sp³-hybridized carbons (Fsp3) is 0.423. The van der Waals surface area contributed by atoms with Crippen molar-refractivity contribution in [2.75, 3.05) is 39.5 Å². The van der Waals surface area contributed by atoms with Crippen LogP contribution in [0.5, 0.6) is 5.75 Å². The number of aliphatic carboxylic acids is 1. The molecule has 2 fully saturated rings. The van der Waals surface area contributed by atoms with E-state index in [9.17, 15) is 18.3 Å². The zero-order valence-electron chi connectivity index (χ0n) is 20.1. The highest BCUT2D eigenvalue weighted by Crippen LogP contribution is 2.53. The number of nitrogens with one attached hydrogen (secondary N) is 1. The summed E-state index contributed by atoms with van der Waals surface area (Å²) in [6.45, 7) is 4.49.